The maximum absolute atomic E-state index is 5.68. The van der Waals surface area contributed by atoms with Crippen molar-refractivity contribution in [1.29, 1.82) is 0 Å². The van der Waals surface area contributed by atoms with Gasteiger partial charge in [-0.25, -0.2) is 0 Å². The number of nitrogens with one attached hydrogen (secondary N) is 1. The highest BCUT2D eigenvalue weighted by Gasteiger charge is 2.40. The first-order valence-electron chi connectivity index (χ1n) is 8.85. The topological polar surface area (TPSA) is 36.9 Å². The van der Waals surface area contributed by atoms with Crippen LogP contribution >= 0.6 is 24.0 Å². The largest absolute Gasteiger partial charge is 0.381 e. The van der Waals surface area contributed by atoms with Crippen molar-refractivity contribution in [1.82, 2.24) is 10.2 Å². The summed E-state index contributed by atoms with van der Waals surface area (Å²) in [5.41, 5.74) is 0.616. The van der Waals surface area contributed by atoms with E-state index >= 15 is 0 Å². The molecule has 1 aliphatic heterocycles. The number of hydrogen-bond acceptors (Lipinski definition) is 2. The Labute approximate surface area is 152 Å². The maximum Gasteiger partial charge on any atom is 0.193 e. The molecule has 0 unspecified atom stereocenters. The summed E-state index contributed by atoms with van der Waals surface area (Å²) in [6, 6.07) is 0. The predicted molar refractivity (Wildman–Crippen MR) is 102 cm³/mol. The van der Waals surface area contributed by atoms with Crippen LogP contribution in [0, 0.1) is 11.3 Å². The highest BCUT2D eigenvalue weighted by Crippen LogP contribution is 2.45. The number of halogens is 1. The van der Waals surface area contributed by atoms with Crippen LogP contribution in [0.3, 0.4) is 0 Å². The Balaban J connectivity index is 0.00000176. The van der Waals surface area contributed by atoms with Crippen LogP contribution in [-0.2, 0) is 4.74 Å². The summed E-state index contributed by atoms with van der Waals surface area (Å²) in [5.74, 6) is 1.97. The first-order chi connectivity index (χ1) is 10.3. The Morgan fingerprint density at radius 3 is 2.73 bits per heavy atom. The highest BCUT2D eigenvalue weighted by molar-refractivity contribution is 14.0. The Bertz CT molecular complexity index is 365. The second-order valence-electron chi connectivity index (χ2n) is 7.22. The van der Waals surface area contributed by atoms with E-state index in [1.54, 1.807) is 0 Å². The summed E-state index contributed by atoms with van der Waals surface area (Å²) in [6.07, 6.45) is 10.9. The summed E-state index contributed by atoms with van der Waals surface area (Å²) >= 11 is 0. The third-order valence-corrected chi connectivity index (χ3v) is 5.41. The number of ether oxygens (including phenoxy) is 1. The molecule has 3 aliphatic rings. The lowest BCUT2D eigenvalue weighted by atomic mass is 9.86. The van der Waals surface area contributed by atoms with Crippen molar-refractivity contribution in [2.75, 3.05) is 39.9 Å². The molecule has 1 saturated heterocycles. The van der Waals surface area contributed by atoms with Crippen LogP contribution in [0.5, 0.6) is 0 Å². The zero-order valence-corrected chi connectivity index (χ0v) is 16.3. The normalized spacial score (nSPS) is 23.9. The van der Waals surface area contributed by atoms with Gasteiger partial charge in [-0.3, -0.25) is 4.99 Å². The fraction of sp³-hybridized carbons (Fsp3) is 0.941. The van der Waals surface area contributed by atoms with Gasteiger partial charge in [0.15, 0.2) is 5.96 Å². The Kier molecular flexibility index (Phi) is 7.25. The van der Waals surface area contributed by atoms with E-state index in [-0.39, 0.29) is 24.0 Å². The molecule has 1 heterocycles. The molecule has 5 heteroatoms. The van der Waals surface area contributed by atoms with E-state index in [2.05, 4.69) is 15.2 Å². The van der Waals surface area contributed by atoms with Gasteiger partial charge in [-0.1, -0.05) is 12.8 Å². The van der Waals surface area contributed by atoms with Crippen LogP contribution < -0.4 is 5.32 Å². The number of nitrogens with zero attached hydrogens (tertiary/aromatic N) is 2. The van der Waals surface area contributed by atoms with Crippen LogP contribution in [0.4, 0.5) is 0 Å². The molecule has 4 nitrogen and oxygen atoms in total. The lowest BCUT2D eigenvalue weighted by Gasteiger charge is -2.25. The van der Waals surface area contributed by atoms with Gasteiger partial charge in [-0.2, -0.15) is 0 Å². The minimum Gasteiger partial charge on any atom is -0.381 e. The maximum atomic E-state index is 5.68. The second kappa shape index (κ2) is 8.71. The van der Waals surface area contributed by atoms with Crippen molar-refractivity contribution in [2.24, 2.45) is 16.3 Å². The van der Waals surface area contributed by atoms with E-state index in [1.165, 1.54) is 58.0 Å². The molecule has 3 fully saturated rings. The molecular formula is C17H32IN3O. The number of rotatable bonds is 6. The van der Waals surface area contributed by atoms with E-state index in [0.717, 1.165) is 38.1 Å². The van der Waals surface area contributed by atoms with Gasteiger partial charge in [0, 0.05) is 39.9 Å². The first kappa shape index (κ1) is 18.3. The van der Waals surface area contributed by atoms with Crippen LogP contribution in [-0.4, -0.2) is 50.8 Å². The first-order valence-corrected chi connectivity index (χ1v) is 8.85. The molecule has 0 aromatic heterocycles. The fourth-order valence-corrected chi connectivity index (χ4v) is 3.89. The van der Waals surface area contributed by atoms with Gasteiger partial charge >= 0.3 is 0 Å². The highest BCUT2D eigenvalue weighted by atomic mass is 127. The SMILES string of the molecule is CN=C(NCCCOCC1CC1)N1CCC2(CCCC2)C1.I. The van der Waals surface area contributed by atoms with Gasteiger partial charge in [-0.15, -0.1) is 24.0 Å². The van der Waals surface area contributed by atoms with Gasteiger partial charge in [0.25, 0.3) is 0 Å². The van der Waals surface area contributed by atoms with Crippen LogP contribution in [0.1, 0.15) is 51.4 Å². The zero-order chi connectivity index (χ0) is 14.5. The van der Waals surface area contributed by atoms with Gasteiger partial charge in [0.2, 0.25) is 0 Å². The molecule has 0 amide bonds. The number of aliphatic imine (C=N–C) groups is 1. The summed E-state index contributed by atoms with van der Waals surface area (Å²) in [7, 11) is 1.91. The smallest absolute Gasteiger partial charge is 0.193 e. The zero-order valence-electron chi connectivity index (χ0n) is 14.0. The van der Waals surface area contributed by atoms with E-state index < -0.39 is 0 Å². The molecule has 1 spiro atoms. The summed E-state index contributed by atoms with van der Waals surface area (Å²) in [4.78, 5) is 6.94. The Morgan fingerprint density at radius 2 is 2.05 bits per heavy atom. The predicted octanol–water partition coefficient (Wildman–Crippen LogP) is 3.26. The lowest BCUT2D eigenvalue weighted by molar-refractivity contribution is 0.122. The van der Waals surface area contributed by atoms with Gasteiger partial charge in [0.05, 0.1) is 0 Å². The van der Waals surface area contributed by atoms with Crippen molar-refractivity contribution in [3.05, 3.63) is 0 Å². The molecule has 22 heavy (non-hydrogen) atoms. The van der Waals surface area contributed by atoms with E-state index in [1.807, 2.05) is 7.05 Å². The number of guanidine groups is 1. The molecule has 128 valence electrons. The molecule has 2 aliphatic carbocycles. The third kappa shape index (κ3) is 4.98. The summed E-state index contributed by atoms with van der Waals surface area (Å²) in [6.45, 7) is 5.22. The van der Waals surface area contributed by atoms with E-state index in [4.69, 9.17) is 4.74 Å². The van der Waals surface area contributed by atoms with E-state index in [9.17, 15) is 0 Å². The van der Waals surface area contributed by atoms with Gasteiger partial charge < -0.3 is 15.0 Å². The molecule has 0 aromatic carbocycles. The lowest BCUT2D eigenvalue weighted by Crippen LogP contribution is -2.41. The van der Waals surface area contributed by atoms with Crippen LogP contribution in [0.15, 0.2) is 4.99 Å². The minimum atomic E-state index is 0. The number of hydrogen-bond donors (Lipinski definition) is 1. The number of likely N-dealkylation sites (tertiary alicyclic amines) is 1. The van der Waals surface area contributed by atoms with Crippen molar-refractivity contribution < 1.29 is 4.74 Å². The monoisotopic (exact) mass is 421 g/mol. The molecule has 0 radical (unpaired) electrons. The quantitative estimate of drug-likeness (QED) is 0.310. The fourth-order valence-electron chi connectivity index (χ4n) is 3.89. The standard InChI is InChI=1S/C17H31N3O.HI/c1-18-16(19-10-4-12-21-13-15-5-6-15)20-11-9-17(14-20)7-2-3-8-17;/h15H,2-14H2,1H3,(H,18,19);1H. The Morgan fingerprint density at radius 1 is 1.27 bits per heavy atom. The molecular weight excluding hydrogens is 389 g/mol. The van der Waals surface area contributed by atoms with Crippen molar-refractivity contribution in [3.8, 4) is 0 Å². The van der Waals surface area contributed by atoms with Crippen molar-refractivity contribution >= 4 is 29.9 Å². The molecule has 3 rings (SSSR count). The Hall–Kier alpha value is -0.0400. The van der Waals surface area contributed by atoms with Gasteiger partial charge in [-0.05, 0) is 49.9 Å². The van der Waals surface area contributed by atoms with Gasteiger partial charge in [0.1, 0.15) is 0 Å². The average molecular weight is 421 g/mol. The summed E-state index contributed by atoms with van der Waals surface area (Å²) in [5, 5.41) is 3.52. The van der Waals surface area contributed by atoms with Crippen LogP contribution in [0.2, 0.25) is 0 Å². The minimum absolute atomic E-state index is 0. The van der Waals surface area contributed by atoms with Crippen molar-refractivity contribution in [3.63, 3.8) is 0 Å². The molecule has 0 atom stereocenters. The molecule has 1 N–H and O–H groups in total. The van der Waals surface area contributed by atoms with Crippen LogP contribution in [0.25, 0.3) is 0 Å². The molecule has 2 saturated carbocycles. The van der Waals surface area contributed by atoms with E-state index in [0.29, 0.717) is 5.41 Å². The molecule has 0 aromatic rings. The molecule has 0 bridgehead atoms. The summed E-state index contributed by atoms with van der Waals surface area (Å²) < 4.78 is 5.68. The average Bonchev–Trinajstić information content (AvgIpc) is 3.06. The second-order valence-corrected chi connectivity index (χ2v) is 7.22. The third-order valence-electron chi connectivity index (χ3n) is 5.41. The van der Waals surface area contributed by atoms with Crippen molar-refractivity contribution in [2.45, 2.75) is 51.4 Å².